The molecule has 0 radical (unpaired) electrons. The Morgan fingerprint density at radius 3 is 2.80 bits per heavy atom. The fraction of sp³-hybridized carbons (Fsp3) is 0.750. The number of allylic oxidation sites excluding steroid dienone is 1. The van der Waals surface area contributed by atoms with E-state index in [-0.39, 0.29) is 5.54 Å². The standard InChI is InChI=1S/C8H14ClN/c1-8(2)6-4-3-5-7-10(8)9/h3,5H,4,6-7H2,1-2H3. The molecule has 0 aromatic heterocycles. The van der Waals surface area contributed by atoms with Crippen LogP contribution >= 0.6 is 11.8 Å². The van der Waals surface area contributed by atoms with Crippen molar-refractivity contribution in [2.24, 2.45) is 0 Å². The van der Waals surface area contributed by atoms with Crippen LogP contribution in [0.2, 0.25) is 0 Å². The predicted octanol–water partition coefficient (Wildman–Crippen LogP) is 2.57. The van der Waals surface area contributed by atoms with E-state index in [4.69, 9.17) is 11.8 Å². The molecule has 1 aliphatic heterocycles. The molecule has 1 rings (SSSR count). The molecule has 0 saturated carbocycles. The summed E-state index contributed by atoms with van der Waals surface area (Å²) in [6.07, 6.45) is 6.62. The predicted molar refractivity (Wildman–Crippen MR) is 45.0 cm³/mol. The zero-order valence-corrected chi connectivity index (χ0v) is 7.36. The summed E-state index contributed by atoms with van der Waals surface area (Å²) < 4.78 is 1.87. The van der Waals surface area contributed by atoms with Crippen LogP contribution in [0.1, 0.15) is 26.7 Å². The van der Waals surface area contributed by atoms with E-state index in [0.29, 0.717) is 0 Å². The summed E-state index contributed by atoms with van der Waals surface area (Å²) in [5, 5.41) is 0. The summed E-state index contributed by atoms with van der Waals surface area (Å²) in [6.45, 7) is 5.22. The monoisotopic (exact) mass is 159 g/mol. The van der Waals surface area contributed by atoms with Crippen LogP contribution in [0, 0.1) is 0 Å². The molecule has 0 atom stereocenters. The highest BCUT2D eigenvalue weighted by molar-refractivity contribution is 6.13. The molecule has 0 fully saturated rings. The average molecular weight is 160 g/mol. The largest absolute Gasteiger partial charge is 0.211 e. The van der Waals surface area contributed by atoms with Crippen molar-refractivity contribution in [3.05, 3.63) is 12.2 Å². The molecule has 2 heteroatoms. The third-order valence-corrected chi connectivity index (χ3v) is 2.61. The van der Waals surface area contributed by atoms with Gasteiger partial charge in [-0.1, -0.05) is 12.2 Å². The maximum Gasteiger partial charge on any atom is 0.0325 e. The highest BCUT2D eigenvalue weighted by atomic mass is 35.5. The van der Waals surface area contributed by atoms with E-state index in [1.54, 1.807) is 0 Å². The van der Waals surface area contributed by atoms with Gasteiger partial charge in [-0.3, -0.25) is 0 Å². The molecule has 1 aliphatic rings. The summed E-state index contributed by atoms with van der Waals surface area (Å²) in [4.78, 5) is 0. The minimum absolute atomic E-state index is 0.158. The zero-order valence-electron chi connectivity index (χ0n) is 6.60. The Morgan fingerprint density at radius 1 is 1.40 bits per heavy atom. The fourth-order valence-corrected chi connectivity index (χ4v) is 1.25. The van der Waals surface area contributed by atoms with Gasteiger partial charge in [-0.05, 0) is 38.5 Å². The number of hydrogen-bond acceptors (Lipinski definition) is 1. The molecule has 0 saturated heterocycles. The Morgan fingerprint density at radius 2 is 2.10 bits per heavy atom. The third kappa shape index (κ3) is 1.74. The third-order valence-electron chi connectivity index (χ3n) is 2.01. The molecule has 0 aromatic rings. The van der Waals surface area contributed by atoms with Crippen molar-refractivity contribution in [1.29, 1.82) is 0 Å². The first-order valence-corrected chi connectivity index (χ1v) is 4.05. The van der Waals surface area contributed by atoms with Crippen LogP contribution in [-0.4, -0.2) is 16.5 Å². The van der Waals surface area contributed by atoms with E-state index >= 15 is 0 Å². The normalized spacial score (nSPS) is 26.3. The summed E-state index contributed by atoms with van der Waals surface area (Å²) >= 11 is 5.99. The Hall–Kier alpha value is -0.0100. The van der Waals surface area contributed by atoms with Gasteiger partial charge in [0.2, 0.25) is 0 Å². The summed E-state index contributed by atoms with van der Waals surface area (Å²) in [5.41, 5.74) is 0.158. The molecule has 0 spiro atoms. The number of halogens is 1. The SMILES string of the molecule is CC1(C)CCC=CCN1Cl. The fourth-order valence-electron chi connectivity index (χ4n) is 1.09. The first-order valence-electron chi connectivity index (χ1n) is 3.71. The Labute approximate surface area is 67.8 Å². The van der Waals surface area contributed by atoms with Crippen molar-refractivity contribution in [2.45, 2.75) is 32.2 Å². The molecule has 1 heterocycles. The molecular weight excluding hydrogens is 146 g/mol. The van der Waals surface area contributed by atoms with E-state index in [0.717, 1.165) is 19.4 Å². The second-order valence-corrected chi connectivity index (χ2v) is 3.78. The Kier molecular flexibility index (Phi) is 2.37. The lowest BCUT2D eigenvalue weighted by molar-refractivity contribution is 0.247. The Bertz CT molecular complexity index is 140. The van der Waals surface area contributed by atoms with Gasteiger partial charge in [0.15, 0.2) is 0 Å². The maximum atomic E-state index is 5.99. The van der Waals surface area contributed by atoms with Crippen molar-refractivity contribution in [3.8, 4) is 0 Å². The van der Waals surface area contributed by atoms with Gasteiger partial charge in [0.1, 0.15) is 0 Å². The van der Waals surface area contributed by atoms with Gasteiger partial charge in [-0.25, -0.2) is 4.42 Å². The lowest BCUT2D eigenvalue weighted by Gasteiger charge is -2.30. The maximum absolute atomic E-state index is 5.99. The number of rotatable bonds is 0. The molecule has 0 aliphatic carbocycles. The molecule has 0 unspecified atom stereocenters. The van der Waals surface area contributed by atoms with Crippen LogP contribution in [0.5, 0.6) is 0 Å². The first kappa shape index (κ1) is 8.09. The van der Waals surface area contributed by atoms with E-state index in [1.165, 1.54) is 0 Å². The van der Waals surface area contributed by atoms with E-state index in [9.17, 15) is 0 Å². The molecular formula is C8H14ClN. The van der Waals surface area contributed by atoms with Crippen LogP contribution in [0.15, 0.2) is 12.2 Å². The summed E-state index contributed by atoms with van der Waals surface area (Å²) in [5.74, 6) is 0. The minimum atomic E-state index is 0.158. The lowest BCUT2D eigenvalue weighted by atomic mass is 10.00. The number of nitrogens with zero attached hydrogens (tertiary/aromatic N) is 1. The molecule has 1 nitrogen and oxygen atoms in total. The molecule has 10 heavy (non-hydrogen) atoms. The van der Waals surface area contributed by atoms with Gasteiger partial charge in [0.05, 0.1) is 0 Å². The van der Waals surface area contributed by atoms with Crippen molar-refractivity contribution in [3.63, 3.8) is 0 Å². The van der Waals surface area contributed by atoms with E-state index in [1.807, 2.05) is 4.42 Å². The quantitative estimate of drug-likeness (QED) is 0.388. The molecule has 58 valence electrons. The average Bonchev–Trinajstić information content (AvgIpc) is 1.96. The van der Waals surface area contributed by atoms with E-state index in [2.05, 4.69) is 26.0 Å². The van der Waals surface area contributed by atoms with Crippen molar-refractivity contribution >= 4 is 11.8 Å². The second kappa shape index (κ2) is 2.93. The lowest BCUT2D eigenvalue weighted by Crippen LogP contribution is -2.36. The smallest absolute Gasteiger partial charge is 0.0325 e. The van der Waals surface area contributed by atoms with Gasteiger partial charge in [0.25, 0.3) is 0 Å². The zero-order chi connectivity index (χ0) is 7.61. The van der Waals surface area contributed by atoms with Crippen LogP contribution in [0.3, 0.4) is 0 Å². The van der Waals surface area contributed by atoms with Gasteiger partial charge >= 0.3 is 0 Å². The second-order valence-electron chi connectivity index (χ2n) is 3.37. The van der Waals surface area contributed by atoms with Crippen LogP contribution in [-0.2, 0) is 0 Å². The summed E-state index contributed by atoms with van der Waals surface area (Å²) in [7, 11) is 0. The molecule has 0 aromatic carbocycles. The Balaban J connectivity index is 2.60. The number of hydrogen-bond donors (Lipinski definition) is 0. The van der Waals surface area contributed by atoms with Crippen molar-refractivity contribution in [2.75, 3.05) is 6.54 Å². The highest BCUT2D eigenvalue weighted by Crippen LogP contribution is 2.24. The van der Waals surface area contributed by atoms with Crippen LogP contribution < -0.4 is 0 Å². The molecule has 0 N–H and O–H groups in total. The molecule has 0 amide bonds. The van der Waals surface area contributed by atoms with Crippen molar-refractivity contribution < 1.29 is 0 Å². The highest BCUT2D eigenvalue weighted by Gasteiger charge is 2.24. The topological polar surface area (TPSA) is 3.24 Å². The van der Waals surface area contributed by atoms with Crippen LogP contribution in [0.4, 0.5) is 0 Å². The van der Waals surface area contributed by atoms with E-state index < -0.39 is 0 Å². The molecule has 0 bridgehead atoms. The van der Waals surface area contributed by atoms with Gasteiger partial charge < -0.3 is 0 Å². The minimum Gasteiger partial charge on any atom is -0.211 e. The van der Waals surface area contributed by atoms with Crippen molar-refractivity contribution in [1.82, 2.24) is 4.42 Å². The first-order chi connectivity index (χ1) is 4.63. The van der Waals surface area contributed by atoms with Gasteiger partial charge in [0, 0.05) is 12.1 Å². The van der Waals surface area contributed by atoms with Crippen LogP contribution in [0.25, 0.3) is 0 Å². The van der Waals surface area contributed by atoms with Gasteiger partial charge in [-0.2, -0.15) is 0 Å². The van der Waals surface area contributed by atoms with Gasteiger partial charge in [-0.15, -0.1) is 0 Å². The summed E-state index contributed by atoms with van der Waals surface area (Å²) in [6, 6.07) is 0.